The van der Waals surface area contributed by atoms with Crippen molar-refractivity contribution >= 4 is 34.3 Å². The molecule has 3 aliphatic heterocycles. The minimum Gasteiger partial charge on any atom is -0.357 e. The summed E-state index contributed by atoms with van der Waals surface area (Å²) >= 11 is 6.41. The number of fused-ring (bicyclic) bond motifs is 1. The first-order valence-electron chi connectivity index (χ1n) is 13.9. The highest BCUT2D eigenvalue weighted by atomic mass is 35.5. The quantitative estimate of drug-likeness (QED) is 0.441. The monoisotopic (exact) mass is 506 g/mol. The highest BCUT2D eigenvalue weighted by molar-refractivity contribution is 6.31. The Labute approximate surface area is 220 Å². The number of likely N-dealkylation sites (tertiary alicyclic amines) is 1. The fourth-order valence-electron chi connectivity index (χ4n) is 6.56. The van der Waals surface area contributed by atoms with Crippen molar-refractivity contribution in [1.82, 2.24) is 19.7 Å². The summed E-state index contributed by atoms with van der Waals surface area (Å²) in [5.74, 6) is 2.23. The number of halogens is 1. The van der Waals surface area contributed by atoms with Crippen LogP contribution in [0.1, 0.15) is 56.9 Å². The molecule has 0 aliphatic carbocycles. The minimum atomic E-state index is 0.482. The molecule has 2 aromatic heterocycles. The van der Waals surface area contributed by atoms with Gasteiger partial charge in [-0.3, -0.25) is 4.90 Å². The summed E-state index contributed by atoms with van der Waals surface area (Å²) in [6.45, 7) is 7.71. The minimum absolute atomic E-state index is 0.482. The fraction of sp³-hybridized carbons (Fsp3) is 0.586. The van der Waals surface area contributed by atoms with Gasteiger partial charge in [0.2, 0.25) is 0 Å². The van der Waals surface area contributed by atoms with Crippen LogP contribution in [0.25, 0.3) is 11.0 Å². The summed E-state index contributed by atoms with van der Waals surface area (Å²) in [5, 5.41) is 7.05. The molecule has 36 heavy (non-hydrogen) atoms. The lowest BCUT2D eigenvalue weighted by Gasteiger charge is -2.47. The molecule has 7 heteroatoms. The molecule has 6 nitrogen and oxygen atoms in total. The van der Waals surface area contributed by atoms with Gasteiger partial charge in [-0.05, 0) is 80.8 Å². The Morgan fingerprint density at radius 3 is 2.22 bits per heavy atom. The van der Waals surface area contributed by atoms with Crippen LogP contribution >= 0.6 is 11.6 Å². The summed E-state index contributed by atoms with van der Waals surface area (Å²) < 4.78 is 1.99. The van der Waals surface area contributed by atoms with Gasteiger partial charge < -0.3 is 9.80 Å². The third-order valence-electron chi connectivity index (χ3n) is 8.97. The zero-order chi connectivity index (χ0) is 24.5. The summed E-state index contributed by atoms with van der Waals surface area (Å²) in [6, 6.07) is 12.8. The van der Waals surface area contributed by atoms with Gasteiger partial charge in [0.05, 0.1) is 5.39 Å². The normalized spacial score (nSPS) is 21.3. The van der Waals surface area contributed by atoms with Gasteiger partial charge in [0.25, 0.3) is 0 Å². The molecule has 1 spiro atoms. The molecule has 3 fully saturated rings. The summed E-state index contributed by atoms with van der Waals surface area (Å²) in [6.07, 6.45) is 10.3. The van der Waals surface area contributed by atoms with Gasteiger partial charge in [-0.2, -0.15) is 5.10 Å². The topological polar surface area (TPSA) is 40.4 Å². The molecule has 192 valence electrons. The van der Waals surface area contributed by atoms with E-state index in [1.54, 1.807) is 0 Å². The van der Waals surface area contributed by atoms with Crippen LogP contribution < -0.4 is 9.80 Å². The van der Waals surface area contributed by atoms with Crippen molar-refractivity contribution in [3.05, 3.63) is 47.0 Å². The second-order valence-electron chi connectivity index (χ2n) is 11.2. The first-order valence-corrected chi connectivity index (χ1v) is 14.3. The van der Waals surface area contributed by atoms with Gasteiger partial charge in [-0.25, -0.2) is 9.67 Å². The first kappa shape index (κ1) is 24.1. The number of rotatable bonds is 4. The molecule has 0 bridgehead atoms. The number of piperidine rings is 2. The predicted molar refractivity (Wildman–Crippen MR) is 149 cm³/mol. The third kappa shape index (κ3) is 4.82. The largest absolute Gasteiger partial charge is 0.357 e. The Morgan fingerprint density at radius 2 is 1.50 bits per heavy atom. The lowest BCUT2D eigenvalue weighted by molar-refractivity contribution is 0.0757. The van der Waals surface area contributed by atoms with E-state index in [9.17, 15) is 0 Å². The number of pyridine rings is 1. The highest BCUT2D eigenvalue weighted by Gasteiger charge is 2.38. The summed E-state index contributed by atoms with van der Waals surface area (Å²) in [5.41, 5.74) is 2.75. The molecular weight excluding hydrogens is 468 g/mol. The Bertz CT molecular complexity index is 1180. The van der Waals surface area contributed by atoms with E-state index in [0.717, 1.165) is 55.0 Å². The van der Waals surface area contributed by atoms with E-state index >= 15 is 0 Å². The van der Waals surface area contributed by atoms with E-state index in [0.29, 0.717) is 5.41 Å². The van der Waals surface area contributed by atoms with Gasteiger partial charge in [0, 0.05) is 44.8 Å². The van der Waals surface area contributed by atoms with Gasteiger partial charge >= 0.3 is 0 Å². The molecule has 0 N–H and O–H groups in total. The number of aryl methyl sites for hydroxylation is 1. The molecule has 0 atom stereocenters. The smallest absolute Gasteiger partial charge is 0.162 e. The van der Waals surface area contributed by atoms with Crippen molar-refractivity contribution in [3.8, 4) is 0 Å². The maximum Gasteiger partial charge on any atom is 0.162 e. The Morgan fingerprint density at radius 1 is 0.806 bits per heavy atom. The van der Waals surface area contributed by atoms with E-state index in [1.807, 2.05) is 23.9 Å². The van der Waals surface area contributed by atoms with E-state index in [1.165, 1.54) is 75.4 Å². The van der Waals surface area contributed by atoms with Crippen LogP contribution in [0.2, 0.25) is 5.02 Å². The number of benzene rings is 1. The molecule has 5 heterocycles. The van der Waals surface area contributed by atoms with E-state index < -0.39 is 0 Å². The van der Waals surface area contributed by atoms with Crippen LogP contribution in [0.4, 0.5) is 11.6 Å². The molecule has 3 aliphatic rings. The Hall–Kier alpha value is -2.31. The summed E-state index contributed by atoms with van der Waals surface area (Å²) in [4.78, 5) is 12.6. The van der Waals surface area contributed by atoms with Crippen LogP contribution in [0.5, 0.6) is 0 Å². The third-order valence-corrected chi connectivity index (χ3v) is 9.34. The zero-order valence-electron chi connectivity index (χ0n) is 21.6. The van der Waals surface area contributed by atoms with Crippen LogP contribution in [0, 0.1) is 5.41 Å². The predicted octanol–water partition coefficient (Wildman–Crippen LogP) is 5.88. The average molecular weight is 507 g/mol. The van der Waals surface area contributed by atoms with Crippen molar-refractivity contribution in [2.24, 2.45) is 12.5 Å². The second kappa shape index (κ2) is 10.2. The van der Waals surface area contributed by atoms with Crippen LogP contribution in [0.15, 0.2) is 36.4 Å². The van der Waals surface area contributed by atoms with E-state index in [2.05, 4.69) is 39.0 Å². The van der Waals surface area contributed by atoms with Crippen LogP contribution in [0.3, 0.4) is 0 Å². The van der Waals surface area contributed by atoms with E-state index in [4.69, 9.17) is 21.7 Å². The average Bonchev–Trinajstić information content (AvgIpc) is 3.06. The molecule has 6 rings (SSSR count). The van der Waals surface area contributed by atoms with Crippen molar-refractivity contribution in [1.29, 1.82) is 0 Å². The molecule has 0 unspecified atom stereocenters. The molecule has 0 saturated carbocycles. The molecule has 1 aromatic carbocycles. The van der Waals surface area contributed by atoms with Crippen molar-refractivity contribution in [3.63, 3.8) is 0 Å². The Balaban J connectivity index is 1.10. The number of hydrogen-bond donors (Lipinski definition) is 0. The van der Waals surface area contributed by atoms with Crippen molar-refractivity contribution < 1.29 is 0 Å². The highest BCUT2D eigenvalue weighted by Crippen LogP contribution is 2.43. The van der Waals surface area contributed by atoms with Gasteiger partial charge in [-0.1, -0.05) is 42.6 Å². The summed E-state index contributed by atoms with van der Waals surface area (Å²) in [7, 11) is 2.05. The van der Waals surface area contributed by atoms with Crippen molar-refractivity contribution in [2.45, 2.75) is 57.9 Å². The first-order chi connectivity index (χ1) is 17.6. The van der Waals surface area contributed by atoms with Gasteiger partial charge in [0.1, 0.15) is 5.82 Å². The Kier molecular flexibility index (Phi) is 6.82. The molecule has 3 saturated heterocycles. The number of anilines is 2. The lowest BCUT2D eigenvalue weighted by atomic mass is 9.71. The number of hydrogen-bond acceptors (Lipinski definition) is 5. The van der Waals surface area contributed by atoms with Gasteiger partial charge in [-0.15, -0.1) is 0 Å². The SMILES string of the molecule is Cn1nc(N2CCC3(CCN(Cc4ccccc4Cl)CC3)CC2)c2ccc(N3CCCCCC3)nc21. The maximum absolute atomic E-state index is 6.41. The number of aromatic nitrogens is 3. The maximum atomic E-state index is 6.41. The fourth-order valence-corrected chi connectivity index (χ4v) is 6.75. The van der Waals surface area contributed by atoms with Crippen LogP contribution in [-0.2, 0) is 13.6 Å². The number of nitrogens with zero attached hydrogens (tertiary/aromatic N) is 6. The van der Waals surface area contributed by atoms with E-state index in [-0.39, 0.29) is 0 Å². The zero-order valence-corrected chi connectivity index (χ0v) is 22.4. The molecule has 0 amide bonds. The van der Waals surface area contributed by atoms with Crippen LogP contribution in [-0.4, -0.2) is 58.9 Å². The second-order valence-corrected chi connectivity index (χ2v) is 11.7. The van der Waals surface area contributed by atoms with Crippen molar-refractivity contribution in [2.75, 3.05) is 49.1 Å². The molecule has 3 aromatic rings. The molecular formula is C29H39ClN6. The standard InChI is InChI=1S/C29H39ClN6/c1-33-27-24(10-11-26(31-27)35-16-6-2-3-7-17-35)28(32-33)36-20-14-29(15-21-36)12-18-34(19-13-29)22-23-8-4-5-9-25(23)30/h4-5,8-11H,2-3,6-7,12-22H2,1H3. The van der Waals surface area contributed by atoms with Gasteiger partial charge in [0.15, 0.2) is 11.5 Å². The molecule has 0 radical (unpaired) electrons. The lowest BCUT2D eigenvalue weighted by Crippen LogP contribution is -2.46.